The van der Waals surface area contributed by atoms with Gasteiger partial charge in [0, 0.05) is 18.6 Å². The summed E-state index contributed by atoms with van der Waals surface area (Å²) in [5.74, 6) is 0.214. The highest BCUT2D eigenvalue weighted by atomic mass is 16.5. The number of rotatable bonds is 3. The summed E-state index contributed by atoms with van der Waals surface area (Å²) >= 11 is 0. The maximum Gasteiger partial charge on any atom is 0.235 e. The average Bonchev–Trinajstić information content (AvgIpc) is 2.84. The van der Waals surface area contributed by atoms with E-state index in [4.69, 9.17) is 4.74 Å². The average molecular weight is 267 g/mol. The van der Waals surface area contributed by atoms with Crippen LogP contribution in [0.4, 0.5) is 0 Å². The third kappa shape index (κ3) is 1.84. The Labute approximate surface area is 115 Å². The summed E-state index contributed by atoms with van der Waals surface area (Å²) in [7, 11) is 3.33. The van der Waals surface area contributed by atoms with Crippen LogP contribution in [0, 0.1) is 0 Å². The van der Waals surface area contributed by atoms with Gasteiger partial charge in [-0.2, -0.15) is 5.10 Å². The number of carbonyl (C=O) groups is 1. The van der Waals surface area contributed by atoms with E-state index in [9.17, 15) is 4.79 Å². The standard InChI is InChI=1S/C15H13N3O2/c1-18-11-7-4-3-6-10(11)13(17-18)15(19)14-12(20-2)8-5-9-16-14/h3-9H,1-2H3. The third-order valence-electron chi connectivity index (χ3n) is 3.18. The number of aryl methyl sites for hydroxylation is 1. The van der Waals surface area contributed by atoms with Crippen molar-refractivity contribution in [3.8, 4) is 5.75 Å². The van der Waals surface area contributed by atoms with E-state index in [1.807, 2.05) is 31.3 Å². The summed E-state index contributed by atoms with van der Waals surface area (Å²) < 4.78 is 6.88. The summed E-state index contributed by atoms with van der Waals surface area (Å²) in [6.07, 6.45) is 1.57. The van der Waals surface area contributed by atoms with Gasteiger partial charge in [-0.05, 0) is 18.2 Å². The van der Waals surface area contributed by atoms with Crippen molar-refractivity contribution < 1.29 is 9.53 Å². The predicted octanol–water partition coefficient (Wildman–Crippen LogP) is 2.21. The molecule has 0 radical (unpaired) electrons. The van der Waals surface area contributed by atoms with Crippen molar-refractivity contribution in [2.24, 2.45) is 7.05 Å². The van der Waals surface area contributed by atoms with E-state index in [1.165, 1.54) is 7.11 Å². The number of para-hydroxylation sites is 1. The van der Waals surface area contributed by atoms with Crippen molar-refractivity contribution in [1.29, 1.82) is 0 Å². The van der Waals surface area contributed by atoms with E-state index < -0.39 is 0 Å². The van der Waals surface area contributed by atoms with Crippen molar-refractivity contribution in [3.63, 3.8) is 0 Å². The van der Waals surface area contributed by atoms with E-state index in [2.05, 4.69) is 10.1 Å². The fraction of sp³-hybridized carbons (Fsp3) is 0.133. The number of hydrogen-bond acceptors (Lipinski definition) is 4. The van der Waals surface area contributed by atoms with Crippen molar-refractivity contribution in [2.45, 2.75) is 0 Å². The first-order valence-corrected chi connectivity index (χ1v) is 6.18. The van der Waals surface area contributed by atoms with Gasteiger partial charge < -0.3 is 4.74 Å². The Morgan fingerprint density at radius 2 is 1.95 bits per heavy atom. The Balaban J connectivity index is 2.18. The van der Waals surface area contributed by atoms with Crippen LogP contribution in [-0.4, -0.2) is 27.7 Å². The lowest BCUT2D eigenvalue weighted by Crippen LogP contribution is -2.08. The van der Waals surface area contributed by atoms with E-state index in [0.29, 0.717) is 11.4 Å². The lowest BCUT2D eigenvalue weighted by atomic mass is 10.1. The Bertz CT molecular complexity index is 793. The molecule has 0 atom stereocenters. The molecule has 3 rings (SSSR count). The molecule has 3 aromatic rings. The molecular formula is C15H13N3O2. The lowest BCUT2D eigenvalue weighted by Gasteiger charge is -2.04. The summed E-state index contributed by atoms with van der Waals surface area (Å²) in [6, 6.07) is 11.0. The Hall–Kier alpha value is -2.69. The fourth-order valence-electron chi connectivity index (χ4n) is 2.22. The number of fused-ring (bicyclic) bond motifs is 1. The molecule has 1 aromatic carbocycles. The minimum Gasteiger partial charge on any atom is -0.494 e. The fourth-order valence-corrected chi connectivity index (χ4v) is 2.22. The number of carbonyl (C=O) groups excluding carboxylic acids is 1. The van der Waals surface area contributed by atoms with Crippen molar-refractivity contribution in [1.82, 2.24) is 14.8 Å². The van der Waals surface area contributed by atoms with Gasteiger partial charge in [0.2, 0.25) is 5.78 Å². The number of methoxy groups -OCH3 is 1. The van der Waals surface area contributed by atoms with Gasteiger partial charge in [-0.3, -0.25) is 9.48 Å². The zero-order valence-corrected chi connectivity index (χ0v) is 11.2. The molecule has 0 amide bonds. The highest BCUT2D eigenvalue weighted by molar-refractivity contribution is 6.15. The number of nitrogens with zero attached hydrogens (tertiary/aromatic N) is 3. The van der Waals surface area contributed by atoms with Gasteiger partial charge in [-0.1, -0.05) is 18.2 Å². The topological polar surface area (TPSA) is 57.0 Å². The third-order valence-corrected chi connectivity index (χ3v) is 3.18. The number of pyridine rings is 1. The van der Waals surface area contributed by atoms with E-state index >= 15 is 0 Å². The first-order chi connectivity index (χ1) is 9.72. The maximum atomic E-state index is 12.6. The molecule has 5 heteroatoms. The van der Waals surface area contributed by atoms with Gasteiger partial charge >= 0.3 is 0 Å². The molecule has 0 saturated heterocycles. The van der Waals surface area contributed by atoms with E-state index in [1.54, 1.807) is 23.0 Å². The van der Waals surface area contributed by atoms with Gasteiger partial charge in [0.05, 0.1) is 12.6 Å². The summed E-state index contributed by atoms with van der Waals surface area (Å²) in [5.41, 5.74) is 1.57. The van der Waals surface area contributed by atoms with E-state index in [0.717, 1.165) is 10.9 Å². The van der Waals surface area contributed by atoms with Crippen molar-refractivity contribution in [2.75, 3.05) is 7.11 Å². The van der Waals surface area contributed by atoms with Gasteiger partial charge in [0.1, 0.15) is 11.4 Å². The highest BCUT2D eigenvalue weighted by Gasteiger charge is 2.21. The predicted molar refractivity (Wildman–Crippen MR) is 74.9 cm³/mol. The van der Waals surface area contributed by atoms with Crippen LogP contribution < -0.4 is 4.74 Å². The van der Waals surface area contributed by atoms with Crippen LogP contribution in [0.3, 0.4) is 0 Å². The smallest absolute Gasteiger partial charge is 0.235 e. The number of aromatic nitrogens is 3. The molecule has 0 saturated carbocycles. The molecule has 0 N–H and O–H groups in total. The SMILES string of the molecule is COc1cccnc1C(=O)c1nn(C)c2ccccc12. The van der Waals surface area contributed by atoms with Crippen LogP contribution in [-0.2, 0) is 7.05 Å². The first-order valence-electron chi connectivity index (χ1n) is 6.18. The number of benzene rings is 1. The minimum atomic E-state index is -0.237. The van der Waals surface area contributed by atoms with Gasteiger partial charge in [0.15, 0.2) is 5.69 Å². The summed E-state index contributed by atoms with van der Waals surface area (Å²) in [5, 5.41) is 5.13. The second-order valence-electron chi connectivity index (χ2n) is 4.37. The molecule has 0 fully saturated rings. The number of ketones is 1. The van der Waals surface area contributed by atoms with Crippen LogP contribution in [0.2, 0.25) is 0 Å². The summed E-state index contributed by atoms with van der Waals surface area (Å²) in [4.78, 5) is 16.8. The first kappa shape index (κ1) is 12.3. The van der Waals surface area contributed by atoms with Crippen LogP contribution >= 0.6 is 0 Å². The quantitative estimate of drug-likeness (QED) is 0.683. The van der Waals surface area contributed by atoms with Crippen molar-refractivity contribution >= 4 is 16.7 Å². The van der Waals surface area contributed by atoms with Gasteiger partial charge in [-0.25, -0.2) is 4.98 Å². The Morgan fingerprint density at radius 3 is 2.75 bits per heavy atom. The van der Waals surface area contributed by atoms with Crippen LogP contribution in [0.1, 0.15) is 16.2 Å². The number of hydrogen-bond donors (Lipinski definition) is 0. The minimum absolute atomic E-state index is 0.237. The number of ether oxygens (including phenoxy) is 1. The molecule has 0 spiro atoms. The zero-order chi connectivity index (χ0) is 14.1. The van der Waals surface area contributed by atoms with Gasteiger partial charge in [-0.15, -0.1) is 0 Å². The molecule has 0 bridgehead atoms. The van der Waals surface area contributed by atoms with E-state index in [-0.39, 0.29) is 11.5 Å². The molecule has 0 aliphatic carbocycles. The molecule has 2 aromatic heterocycles. The molecule has 0 unspecified atom stereocenters. The molecule has 20 heavy (non-hydrogen) atoms. The molecule has 5 nitrogen and oxygen atoms in total. The van der Waals surface area contributed by atoms with Crippen LogP contribution in [0.15, 0.2) is 42.6 Å². The largest absolute Gasteiger partial charge is 0.494 e. The van der Waals surface area contributed by atoms with Crippen LogP contribution in [0.5, 0.6) is 5.75 Å². The van der Waals surface area contributed by atoms with Crippen LogP contribution in [0.25, 0.3) is 10.9 Å². The molecule has 100 valence electrons. The maximum absolute atomic E-state index is 12.6. The Kier molecular flexibility index (Phi) is 2.95. The molecular weight excluding hydrogens is 254 g/mol. The van der Waals surface area contributed by atoms with Gasteiger partial charge in [0.25, 0.3) is 0 Å². The normalized spacial score (nSPS) is 10.7. The molecule has 0 aliphatic heterocycles. The summed E-state index contributed by atoms with van der Waals surface area (Å²) in [6.45, 7) is 0. The second-order valence-corrected chi connectivity index (χ2v) is 4.37. The lowest BCUT2D eigenvalue weighted by molar-refractivity contribution is 0.102. The highest BCUT2D eigenvalue weighted by Crippen LogP contribution is 2.23. The van der Waals surface area contributed by atoms with Crippen molar-refractivity contribution in [3.05, 3.63) is 54.0 Å². The molecule has 2 heterocycles. The molecule has 0 aliphatic rings. The monoisotopic (exact) mass is 267 g/mol. The zero-order valence-electron chi connectivity index (χ0n) is 11.2. The Morgan fingerprint density at radius 1 is 1.15 bits per heavy atom. The second kappa shape index (κ2) is 4.77.